The zero-order chi connectivity index (χ0) is 19.1. The second-order valence-electron chi connectivity index (χ2n) is 6.68. The number of carbonyl (C=O) groups is 1. The molecule has 0 aromatic heterocycles. The smallest absolute Gasteiger partial charge is 0.275 e. The number of nitrogens with one attached hydrogen (secondary N) is 2. The Morgan fingerprint density at radius 1 is 1.15 bits per heavy atom. The van der Waals surface area contributed by atoms with Crippen molar-refractivity contribution in [3.63, 3.8) is 0 Å². The molecule has 1 fully saturated rings. The molecule has 6 heteroatoms. The molecule has 1 aliphatic heterocycles. The van der Waals surface area contributed by atoms with Gasteiger partial charge < -0.3 is 19.9 Å². The summed E-state index contributed by atoms with van der Waals surface area (Å²) >= 11 is 6.14. The number of rotatable bonds is 7. The van der Waals surface area contributed by atoms with Crippen molar-refractivity contribution in [2.75, 3.05) is 44.2 Å². The van der Waals surface area contributed by atoms with Gasteiger partial charge in [-0.3, -0.25) is 4.79 Å². The molecular formula is C21H27ClN3O2+. The van der Waals surface area contributed by atoms with E-state index in [1.165, 1.54) is 4.90 Å². The highest BCUT2D eigenvalue weighted by atomic mass is 35.5. The molecule has 0 aliphatic carbocycles. The molecule has 1 amide bonds. The minimum atomic E-state index is 0.0630. The molecule has 0 atom stereocenters. The average molecular weight is 389 g/mol. The summed E-state index contributed by atoms with van der Waals surface area (Å²) in [5, 5.41) is 3.66. The number of amides is 1. The van der Waals surface area contributed by atoms with Crippen LogP contribution in [0.3, 0.4) is 0 Å². The second kappa shape index (κ2) is 9.62. The van der Waals surface area contributed by atoms with Crippen molar-refractivity contribution >= 4 is 23.2 Å². The van der Waals surface area contributed by atoms with Crippen molar-refractivity contribution in [2.45, 2.75) is 13.5 Å². The van der Waals surface area contributed by atoms with E-state index in [0.29, 0.717) is 24.7 Å². The van der Waals surface area contributed by atoms with Crippen molar-refractivity contribution < 1.29 is 14.4 Å². The van der Waals surface area contributed by atoms with Gasteiger partial charge in [-0.25, -0.2) is 0 Å². The van der Waals surface area contributed by atoms with Crippen LogP contribution in [0.5, 0.6) is 5.75 Å². The number of quaternary nitrogens is 1. The number of para-hydroxylation sites is 2. The summed E-state index contributed by atoms with van der Waals surface area (Å²) in [5.41, 5.74) is 2.08. The first-order valence-corrected chi connectivity index (χ1v) is 9.85. The van der Waals surface area contributed by atoms with E-state index in [4.69, 9.17) is 16.3 Å². The normalized spacial score (nSPS) is 14.8. The van der Waals surface area contributed by atoms with E-state index < -0.39 is 0 Å². The van der Waals surface area contributed by atoms with Crippen LogP contribution in [0.4, 0.5) is 5.69 Å². The van der Waals surface area contributed by atoms with E-state index in [0.717, 1.165) is 43.2 Å². The van der Waals surface area contributed by atoms with Crippen LogP contribution >= 0.6 is 11.6 Å². The van der Waals surface area contributed by atoms with Crippen molar-refractivity contribution in [3.05, 3.63) is 59.1 Å². The number of ether oxygens (including phenoxy) is 1. The summed E-state index contributed by atoms with van der Waals surface area (Å²) in [6.45, 7) is 7.31. The van der Waals surface area contributed by atoms with E-state index in [2.05, 4.69) is 16.3 Å². The summed E-state index contributed by atoms with van der Waals surface area (Å²) in [7, 11) is 0. The Balaban J connectivity index is 1.47. The molecule has 1 saturated heterocycles. The fourth-order valence-electron chi connectivity index (χ4n) is 3.36. The monoisotopic (exact) mass is 388 g/mol. The Hall–Kier alpha value is -2.24. The van der Waals surface area contributed by atoms with Gasteiger partial charge in [-0.2, -0.15) is 0 Å². The quantitative estimate of drug-likeness (QED) is 0.759. The molecule has 144 valence electrons. The van der Waals surface area contributed by atoms with Crippen LogP contribution in [0.25, 0.3) is 0 Å². The van der Waals surface area contributed by atoms with Crippen molar-refractivity contribution in [2.24, 2.45) is 0 Å². The van der Waals surface area contributed by atoms with Gasteiger partial charge in [0.25, 0.3) is 5.91 Å². The van der Waals surface area contributed by atoms with Gasteiger partial charge >= 0.3 is 0 Å². The van der Waals surface area contributed by atoms with Crippen LogP contribution in [0.15, 0.2) is 48.5 Å². The molecule has 5 nitrogen and oxygen atoms in total. The molecule has 0 unspecified atom stereocenters. The first-order chi connectivity index (χ1) is 13.2. The average Bonchev–Trinajstić information content (AvgIpc) is 2.69. The highest BCUT2D eigenvalue weighted by Crippen LogP contribution is 2.27. The van der Waals surface area contributed by atoms with Crippen LogP contribution in [-0.2, 0) is 11.3 Å². The van der Waals surface area contributed by atoms with Crippen LogP contribution in [0.2, 0.25) is 5.02 Å². The highest BCUT2D eigenvalue weighted by molar-refractivity contribution is 6.31. The summed E-state index contributed by atoms with van der Waals surface area (Å²) in [6.07, 6.45) is 0. The van der Waals surface area contributed by atoms with Gasteiger partial charge in [-0.1, -0.05) is 41.9 Å². The molecule has 0 spiro atoms. The molecule has 0 bridgehead atoms. The standard InChI is InChI=1S/C21H26ClN3O2/c1-2-27-20-10-6-5-9-19(20)25-13-11-24(12-14-25)16-21(26)23-15-17-7-3-4-8-18(17)22/h3-10H,2,11-16H2,1H3,(H,23,26)/p+1. The third-order valence-corrected chi connectivity index (χ3v) is 5.19. The molecule has 1 heterocycles. The van der Waals surface area contributed by atoms with E-state index in [1.54, 1.807) is 0 Å². The van der Waals surface area contributed by atoms with E-state index in [1.807, 2.05) is 49.4 Å². The number of piperazine rings is 1. The van der Waals surface area contributed by atoms with Crippen molar-refractivity contribution in [3.8, 4) is 5.75 Å². The van der Waals surface area contributed by atoms with Crippen molar-refractivity contribution in [1.29, 1.82) is 0 Å². The van der Waals surface area contributed by atoms with E-state index in [-0.39, 0.29) is 5.91 Å². The summed E-state index contributed by atoms with van der Waals surface area (Å²) in [4.78, 5) is 15.9. The molecule has 2 aromatic rings. The Morgan fingerprint density at radius 3 is 2.59 bits per heavy atom. The Morgan fingerprint density at radius 2 is 1.85 bits per heavy atom. The van der Waals surface area contributed by atoms with Crippen molar-refractivity contribution in [1.82, 2.24) is 5.32 Å². The van der Waals surface area contributed by atoms with E-state index in [9.17, 15) is 4.79 Å². The maximum absolute atomic E-state index is 12.3. The maximum atomic E-state index is 12.3. The fourth-order valence-corrected chi connectivity index (χ4v) is 3.56. The van der Waals surface area contributed by atoms with Gasteiger partial charge in [0, 0.05) is 11.6 Å². The lowest BCUT2D eigenvalue weighted by Gasteiger charge is -2.34. The maximum Gasteiger partial charge on any atom is 0.275 e. The number of nitrogens with zero attached hydrogens (tertiary/aromatic N) is 1. The Bertz CT molecular complexity index is 761. The molecule has 2 aromatic carbocycles. The number of carbonyl (C=O) groups excluding carboxylic acids is 1. The van der Waals surface area contributed by atoms with E-state index >= 15 is 0 Å². The zero-order valence-corrected chi connectivity index (χ0v) is 16.5. The number of hydrogen-bond acceptors (Lipinski definition) is 3. The highest BCUT2D eigenvalue weighted by Gasteiger charge is 2.23. The predicted molar refractivity (Wildman–Crippen MR) is 109 cm³/mol. The molecule has 1 aliphatic rings. The first kappa shape index (κ1) is 19.5. The number of benzene rings is 2. The SMILES string of the molecule is CCOc1ccccc1N1CC[NH+](CC(=O)NCc2ccccc2Cl)CC1. The largest absolute Gasteiger partial charge is 0.492 e. The number of hydrogen-bond donors (Lipinski definition) is 2. The molecule has 2 N–H and O–H groups in total. The van der Waals surface area contributed by atoms with Gasteiger partial charge in [0.1, 0.15) is 5.75 Å². The predicted octanol–water partition coefficient (Wildman–Crippen LogP) is 1.76. The van der Waals surface area contributed by atoms with Gasteiger partial charge in [-0.05, 0) is 30.7 Å². The van der Waals surface area contributed by atoms with Crippen LogP contribution in [0.1, 0.15) is 12.5 Å². The summed E-state index contributed by atoms with van der Waals surface area (Å²) < 4.78 is 5.74. The third kappa shape index (κ3) is 5.37. The molecule has 3 rings (SSSR count). The lowest BCUT2D eigenvalue weighted by atomic mass is 10.2. The number of anilines is 1. The van der Waals surface area contributed by atoms with Crippen LogP contribution in [-0.4, -0.2) is 45.2 Å². The van der Waals surface area contributed by atoms with Gasteiger partial charge in [0.2, 0.25) is 0 Å². The Kier molecular flexibility index (Phi) is 6.96. The topological polar surface area (TPSA) is 46.0 Å². The molecular weight excluding hydrogens is 362 g/mol. The summed E-state index contributed by atoms with van der Waals surface area (Å²) in [5.74, 6) is 0.994. The zero-order valence-electron chi connectivity index (χ0n) is 15.7. The van der Waals surface area contributed by atoms with Crippen LogP contribution < -0.4 is 19.9 Å². The van der Waals surface area contributed by atoms with Gasteiger partial charge in [-0.15, -0.1) is 0 Å². The lowest BCUT2D eigenvalue weighted by Crippen LogP contribution is -3.15. The molecule has 0 saturated carbocycles. The Labute approximate surface area is 165 Å². The minimum Gasteiger partial charge on any atom is -0.492 e. The minimum absolute atomic E-state index is 0.0630. The fraction of sp³-hybridized carbons (Fsp3) is 0.381. The third-order valence-electron chi connectivity index (χ3n) is 4.82. The molecule has 27 heavy (non-hydrogen) atoms. The second-order valence-corrected chi connectivity index (χ2v) is 7.09. The van der Waals surface area contributed by atoms with Gasteiger partial charge in [0.15, 0.2) is 6.54 Å². The summed E-state index contributed by atoms with van der Waals surface area (Å²) in [6, 6.07) is 15.8. The number of halogens is 1. The van der Waals surface area contributed by atoms with Gasteiger partial charge in [0.05, 0.1) is 38.5 Å². The van der Waals surface area contributed by atoms with Crippen LogP contribution in [0, 0.1) is 0 Å². The molecule has 0 radical (unpaired) electrons. The lowest BCUT2D eigenvalue weighted by molar-refractivity contribution is -0.892. The first-order valence-electron chi connectivity index (χ1n) is 9.48.